The van der Waals surface area contributed by atoms with Gasteiger partial charge in [0, 0.05) is 36.4 Å². The Morgan fingerprint density at radius 1 is 0.481 bits per heavy atom. The first kappa shape index (κ1) is 39.9. The molecule has 1 aliphatic carbocycles. The Bertz CT molecular complexity index is 1530. The molecule has 0 N–H and O–H groups in total. The van der Waals surface area contributed by atoms with Crippen LogP contribution in [0, 0.1) is 11.8 Å². The SMILES string of the molecule is C=CC(=O)OCOc1ccc(OC(=O)C2CCC(C(=O)Oc3ccc(OCOC(=O)C=C)c(OCOC(=O)C=C)c3)CC2)cc1OCOC(=O)C=C. The van der Waals surface area contributed by atoms with Gasteiger partial charge in [-0.1, -0.05) is 26.3 Å². The highest BCUT2D eigenvalue weighted by Gasteiger charge is 2.32. The minimum absolute atomic E-state index is 0.0188. The van der Waals surface area contributed by atoms with Crippen molar-refractivity contribution < 1.29 is 76.1 Å². The van der Waals surface area contributed by atoms with Crippen LogP contribution in [0.1, 0.15) is 25.7 Å². The largest absolute Gasteiger partial charge is 0.453 e. The van der Waals surface area contributed by atoms with Gasteiger partial charge in [-0.25, -0.2) is 19.2 Å². The molecule has 1 aliphatic rings. The van der Waals surface area contributed by atoms with Crippen LogP contribution in [0.15, 0.2) is 87.0 Å². The Hall–Kier alpha value is -6.58. The molecule has 1 fully saturated rings. The highest BCUT2D eigenvalue weighted by Crippen LogP contribution is 2.36. The third kappa shape index (κ3) is 13.0. The van der Waals surface area contributed by atoms with Crippen LogP contribution in [0.3, 0.4) is 0 Å². The van der Waals surface area contributed by atoms with Gasteiger partial charge >= 0.3 is 35.8 Å². The highest BCUT2D eigenvalue weighted by molar-refractivity contribution is 5.82. The molecule has 2 aromatic rings. The second-order valence-corrected chi connectivity index (χ2v) is 10.3. The average molecular weight is 725 g/mol. The Morgan fingerprint density at radius 3 is 1.06 bits per heavy atom. The van der Waals surface area contributed by atoms with E-state index in [-0.39, 0.29) is 34.5 Å². The molecule has 0 heterocycles. The van der Waals surface area contributed by atoms with Crippen molar-refractivity contribution in [3.05, 3.63) is 87.0 Å². The second kappa shape index (κ2) is 20.8. The maximum Gasteiger partial charge on any atom is 0.333 e. The first-order valence-corrected chi connectivity index (χ1v) is 15.5. The molecule has 52 heavy (non-hydrogen) atoms. The summed E-state index contributed by atoms with van der Waals surface area (Å²) in [6, 6.07) is 8.34. The molecule has 0 unspecified atom stereocenters. The van der Waals surface area contributed by atoms with Crippen LogP contribution in [0.25, 0.3) is 0 Å². The zero-order valence-electron chi connectivity index (χ0n) is 27.9. The molecule has 0 spiro atoms. The van der Waals surface area contributed by atoms with Gasteiger partial charge in [0.25, 0.3) is 0 Å². The van der Waals surface area contributed by atoms with Crippen LogP contribution in [0.2, 0.25) is 0 Å². The van der Waals surface area contributed by atoms with E-state index in [9.17, 15) is 28.8 Å². The molecule has 0 amide bonds. The summed E-state index contributed by atoms with van der Waals surface area (Å²) in [7, 11) is 0. The quantitative estimate of drug-likeness (QED) is 0.0617. The fourth-order valence-electron chi connectivity index (χ4n) is 4.37. The van der Waals surface area contributed by atoms with Crippen molar-refractivity contribution >= 4 is 35.8 Å². The average Bonchev–Trinajstić information content (AvgIpc) is 3.15. The van der Waals surface area contributed by atoms with Crippen molar-refractivity contribution in [1.82, 2.24) is 0 Å². The second-order valence-electron chi connectivity index (χ2n) is 10.3. The number of rotatable bonds is 20. The molecule has 0 saturated heterocycles. The minimum Gasteiger partial charge on any atom is -0.453 e. The zero-order chi connectivity index (χ0) is 37.9. The number of carbonyl (C=O) groups is 6. The molecular weight excluding hydrogens is 688 g/mol. The van der Waals surface area contributed by atoms with E-state index in [0.717, 1.165) is 24.3 Å². The molecule has 16 heteroatoms. The minimum atomic E-state index is -0.736. The smallest absolute Gasteiger partial charge is 0.333 e. The summed E-state index contributed by atoms with van der Waals surface area (Å²) in [6.45, 7) is 11.2. The monoisotopic (exact) mass is 724 g/mol. The Balaban J connectivity index is 1.59. The number of benzene rings is 2. The summed E-state index contributed by atoms with van der Waals surface area (Å²) < 4.78 is 52.1. The number of ether oxygens (including phenoxy) is 10. The molecule has 3 rings (SSSR count). The molecule has 0 aliphatic heterocycles. The van der Waals surface area contributed by atoms with Crippen LogP contribution in [0.5, 0.6) is 34.5 Å². The summed E-state index contributed by atoms with van der Waals surface area (Å²) in [5.41, 5.74) is 0. The van der Waals surface area contributed by atoms with Crippen molar-refractivity contribution in [2.45, 2.75) is 25.7 Å². The topological polar surface area (TPSA) is 195 Å². The summed E-state index contributed by atoms with van der Waals surface area (Å²) >= 11 is 0. The predicted molar refractivity (Wildman–Crippen MR) is 177 cm³/mol. The van der Waals surface area contributed by atoms with Gasteiger partial charge in [-0.2, -0.15) is 0 Å². The number of hydrogen-bond acceptors (Lipinski definition) is 16. The van der Waals surface area contributed by atoms with Gasteiger partial charge in [0.1, 0.15) is 11.5 Å². The summed E-state index contributed by atoms with van der Waals surface area (Å²) in [5, 5.41) is 0. The van der Waals surface area contributed by atoms with E-state index in [1.807, 2.05) is 0 Å². The maximum atomic E-state index is 13.0. The molecule has 0 aromatic heterocycles. The van der Waals surface area contributed by atoms with Gasteiger partial charge in [-0.3, -0.25) is 9.59 Å². The molecule has 2 aromatic carbocycles. The van der Waals surface area contributed by atoms with Crippen LogP contribution in [-0.4, -0.2) is 63.0 Å². The maximum absolute atomic E-state index is 13.0. The van der Waals surface area contributed by atoms with Crippen LogP contribution >= 0.6 is 0 Å². The van der Waals surface area contributed by atoms with Gasteiger partial charge < -0.3 is 47.4 Å². The normalized spacial score (nSPS) is 14.5. The van der Waals surface area contributed by atoms with Crippen molar-refractivity contribution in [1.29, 1.82) is 0 Å². The molecule has 276 valence electrons. The van der Waals surface area contributed by atoms with E-state index < -0.39 is 74.8 Å². The van der Waals surface area contributed by atoms with Crippen molar-refractivity contribution in [3.63, 3.8) is 0 Å². The Morgan fingerprint density at radius 2 is 0.769 bits per heavy atom. The molecule has 0 radical (unpaired) electrons. The molecule has 16 nitrogen and oxygen atoms in total. The molecule has 0 bridgehead atoms. The third-order valence-corrected chi connectivity index (χ3v) is 6.99. The summed E-state index contributed by atoms with van der Waals surface area (Å²) in [5.74, 6) is -4.63. The number of esters is 6. The Kier molecular flexibility index (Phi) is 16.0. The number of carbonyl (C=O) groups excluding carboxylic acids is 6. The third-order valence-electron chi connectivity index (χ3n) is 6.99. The predicted octanol–water partition coefficient (Wildman–Crippen LogP) is 4.27. The lowest BCUT2D eigenvalue weighted by molar-refractivity contribution is -0.146. The molecule has 1 saturated carbocycles. The lowest BCUT2D eigenvalue weighted by atomic mass is 9.82. The van der Waals surface area contributed by atoms with E-state index in [2.05, 4.69) is 26.3 Å². The fourth-order valence-corrected chi connectivity index (χ4v) is 4.37. The van der Waals surface area contributed by atoms with E-state index in [4.69, 9.17) is 47.4 Å². The van der Waals surface area contributed by atoms with Crippen molar-refractivity contribution in [3.8, 4) is 34.5 Å². The van der Waals surface area contributed by atoms with Crippen LogP contribution < -0.4 is 28.4 Å². The van der Waals surface area contributed by atoms with Gasteiger partial charge in [0.05, 0.1) is 11.8 Å². The fraction of sp³-hybridized carbons (Fsp3) is 0.278. The van der Waals surface area contributed by atoms with E-state index in [1.54, 1.807) is 0 Å². The van der Waals surface area contributed by atoms with E-state index in [0.29, 0.717) is 25.7 Å². The standard InChI is InChI=1S/C36H36O16/c1-5-31(37)47-19-43-27-15-13-25(17-29(27)45-21-49-33(39)7-3)51-35(41)23-9-11-24(12-10-23)36(42)52-26-14-16-28(44-20-48-32(38)6-2)30(18-26)46-22-50-34(40)8-4/h5-8,13-18,23-24H,1-4,9-12,19-22H2. The van der Waals surface area contributed by atoms with Crippen LogP contribution in [0.4, 0.5) is 0 Å². The van der Waals surface area contributed by atoms with E-state index >= 15 is 0 Å². The van der Waals surface area contributed by atoms with Gasteiger partial charge in [-0.15, -0.1) is 0 Å². The Labute approximate surface area is 298 Å². The first-order chi connectivity index (χ1) is 25.1. The number of hydrogen-bond donors (Lipinski definition) is 0. The lowest BCUT2D eigenvalue weighted by Gasteiger charge is -2.26. The lowest BCUT2D eigenvalue weighted by Crippen LogP contribution is -2.30. The van der Waals surface area contributed by atoms with Gasteiger partial charge in [0.15, 0.2) is 23.0 Å². The van der Waals surface area contributed by atoms with Gasteiger partial charge in [0.2, 0.25) is 27.2 Å². The molecule has 0 atom stereocenters. The summed E-state index contributed by atoms with van der Waals surface area (Å²) in [6.07, 6.45) is 5.13. The van der Waals surface area contributed by atoms with Crippen molar-refractivity contribution in [2.24, 2.45) is 11.8 Å². The van der Waals surface area contributed by atoms with Crippen molar-refractivity contribution in [2.75, 3.05) is 27.2 Å². The zero-order valence-corrected chi connectivity index (χ0v) is 27.9. The van der Waals surface area contributed by atoms with Crippen LogP contribution in [-0.2, 0) is 47.7 Å². The highest BCUT2D eigenvalue weighted by atomic mass is 16.7. The van der Waals surface area contributed by atoms with Gasteiger partial charge in [-0.05, 0) is 49.9 Å². The molecular formula is C36H36O16. The first-order valence-electron chi connectivity index (χ1n) is 15.5. The van der Waals surface area contributed by atoms with E-state index in [1.165, 1.54) is 36.4 Å². The summed E-state index contributed by atoms with van der Waals surface area (Å²) in [4.78, 5) is 71.5.